The van der Waals surface area contributed by atoms with Gasteiger partial charge in [-0.25, -0.2) is 14.8 Å². The second-order valence-corrected chi connectivity index (χ2v) is 5.55. The van der Waals surface area contributed by atoms with Crippen LogP contribution in [0.25, 0.3) is 0 Å². The van der Waals surface area contributed by atoms with Crippen LogP contribution in [-0.2, 0) is 0 Å². The van der Waals surface area contributed by atoms with Gasteiger partial charge in [-0.3, -0.25) is 0 Å². The van der Waals surface area contributed by atoms with Crippen molar-refractivity contribution >= 4 is 11.9 Å². The summed E-state index contributed by atoms with van der Waals surface area (Å²) in [4.78, 5) is 18.8. The lowest BCUT2D eigenvalue weighted by atomic mass is 9.87. The zero-order valence-electron chi connectivity index (χ0n) is 11.9. The number of carboxylic acid groups (broad SMARTS) is 1. The van der Waals surface area contributed by atoms with E-state index in [-0.39, 0.29) is 11.1 Å². The number of carbonyl (C=O) groups is 1. The molecule has 19 heavy (non-hydrogen) atoms. The molecule has 0 atom stereocenters. The Labute approximate surface area is 114 Å². The van der Waals surface area contributed by atoms with E-state index in [1.165, 1.54) is 31.5 Å². The third-order valence-electron chi connectivity index (χ3n) is 3.06. The maximum Gasteiger partial charge on any atom is 0.354 e. The topological polar surface area (TPSA) is 75.1 Å². The van der Waals surface area contributed by atoms with Crippen molar-refractivity contribution < 1.29 is 9.90 Å². The molecule has 0 spiro atoms. The molecule has 106 valence electrons. The van der Waals surface area contributed by atoms with Gasteiger partial charge in [-0.05, 0) is 17.9 Å². The van der Waals surface area contributed by atoms with Crippen molar-refractivity contribution in [2.45, 2.75) is 46.5 Å². The minimum absolute atomic E-state index is 0.0151. The Hall–Kier alpha value is -1.65. The Morgan fingerprint density at radius 3 is 2.79 bits per heavy atom. The summed E-state index contributed by atoms with van der Waals surface area (Å²) in [5.74, 6) is -0.656. The van der Waals surface area contributed by atoms with E-state index in [4.69, 9.17) is 5.11 Å². The number of hydrogen-bond acceptors (Lipinski definition) is 4. The number of carboxylic acids is 1. The van der Waals surface area contributed by atoms with Gasteiger partial charge in [0.15, 0.2) is 5.69 Å². The van der Waals surface area contributed by atoms with Crippen molar-refractivity contribution in [1.82, 2.24) is 9.97 Å². The summed E-state index contributed by atoms with van der Waals surface area (Å²) in [5, 5.41) is 12.0. The van der Waals surface area contributed by atoms with Gasteiger partial charge in [-0.2, -0.15) is 0 Å². The number of anilines is 1. The van der Waals surface area contributed by atoms with Gasteiger partial charge in [0.25, 0.3) is 0 Å². The van der Waals surface area contributed by atoms with Crippen LogP contribution >= 0.6 is 0 Å². The smallest absolute Gasteiger partial charge is 0.354 e. The highest BCUT2D eigenvalue weighted by Crippen LogP contribution is 2.23. The Kier molecular flexibility index (Phi) is 5.73. The van der Waals surface area contributed by atoms with Crippen LogP contribution < -0.4 is 5.32 Å². The lowest BCUT2D eigenvalue weighted by Gasteiger charge is -2.24. The van der Waals surface area contributed by atoms with E-state index in [1.807, 2.05) is 0 Å². The molecule has 1 rings (SSSR count). The SMILES string of the molecule is CCCCCC(C)(C)CNc1nccc(C(=O)O)n1. The van der Waals surface area contributed by atoms with E-state index in [9.17, 15) is 4.79 Å². The first-order valence-corrected chi connectivity index (χ1v) is 6.75. The third kappa shape index (κ3) is 5.68. The molecule has 0 aliphatic rings. The minimum atomic E-state index is -1.03. The molecule has 1 heterocycles. The fourth-order valence-corrected chi connectivity index (χ4v) is 1.82. The normalized spacial score (nSPS) is 11.3. The van der Waals surface area contributed by atoms with Crippen LogP contribution in [-0.4, -0.2) is 27.6 Å². The largest absolute Gasteiger partial charge is 0.477 e. The minimum Gasteiger partial charge on any atom is -0.477 e. The number of aromatic nitrogens is 2. The zero-order chi connectivity index (χ0) is 14.3. The Bertz CT molecular complexity index is 419. The van der Waals surface area contributed by atoms with Crippen LogP contribution in [0.5, 0.6) is 0 Å². The fraction of sp³-hybridized carbons (Fsp3) is 0.643. The van der Waals surface area contributed by atoms with Gasteiger partial charge in [-0.15, -0.1) is 0 Å². The van der Waals surface area contributed by atoms with Gasteiger partial charge in [0.05, 0.1) is 0 Å². The van der Waals surface area contributed by atoms with E-state index in [2.05, 4.69) is 36.1 Å². The van der Waals surface area contributed by atoms with Crippen molar-refractivity contribution in [3.63, 3.8) is 0 Å². The zero-order valence-corrected chi connectivity index (χ0v) is 11.9. The number of aromatic carboxylic acids is 1. The van der Waals surface area contributed by atoms with Crippen LogP contribution in [0.15, 0.2) is 12.3 Å². The van der Waals surface area contributed by atoms with Gasteiger partial charge >= 0.3 is 5.97 Å². The number of hydrogen-bond donors (Lipinski definition) is 2. The monoisotopic (exact) mass is 265 g/mol. The Morgan fingerprint density at radius 2 is 2.16 bits per heavy atom. The van der Waals surface area contributed by atoms with Crippen molar-refractivity contribution in [3.8, 4) is 0 Å². The van der Waals surface area contributed by atoms with Crippen molar-refractivity contribution in [2.24, 2.45) is 5.41 Å². The van der Waals surface area contributed by atoms with Gasteiger partial charge < -0.3 is 10.4 Å². The van der Waals surface area contributed by atoms with Crippen LogP contribution in [0, 0.1) is 5.41 Å². The van der Waals surface area contributed by atoms with E-state index >= 15 is 0 Å². The molecular weight excluding hydrogens is 242 g/mol. The number of nitrogens with one attached hydrogen (secondary N) is 1. The van der Waals surface area contributed by atoms with Crippen molar-refractivity contribution in [2.75, 3.05) is 11.9 Å². The number of nitrogens with zero attached hydrogens (tertiary/aromatic N) is 2. The molecule has 0 radical (unpaired) electrons. The van der Waals surface area contributed by atoms with E-state index in [1.54, 1.807) is 0 Å². The third-order valence-corrected chi connectivity index (χ3v) is 3.06. The van der Waals surface area contributed by atoms with Crippen LogP contribution in [0.3, 0.4) is 0 Å². The predicted molar refractivity (Wildman–Crippen MR) is 75.4 cm³/mol. The molecule has 0 fully saturated rings. The van der Waals surface area contributed by atoms with Gasteiger partial charge in [0.1, 0.15) is 0 Å². The van der Waals surface area contributed by atoms with Crippen molar-refractivity contribution in [3.05, 3.63) is 18.0 Å². The number of unbranched alkanes of at least 4 members (excludes halogenated alkanes) is 2. The molecule has 1 aromatic rings. The maximum absolute atomic E-state index is 10.8. The second kappa shape index (κ2) is 7.07. The highest BCUT2D eigenvalue weighted by Gasteiger charge is 2.17. The van der Waals surface area contributed by atoms with Crippen LogP contribution in [0.4, 0.5) is 5.95 Å². The molecule has 0 aliphatic carbocycles. The Morgan fingerprint density at radius 1 is 1.42 bits per heavy atom. The second-order valence-electron chi connectivity index (χ2n) is 5.55. The predicted octanol–water partition coefficient (Wildman–Crippen LogP) is 3.19. The molecule has 2 N–H and O–H groups in total. The molecule has 0 aromatic carbocycles. The molecule has 0 bridgehead atoms. The first-order valence-electron chi connectivity index (χ1n) is 6.75. The Balaban J connectivity index is 2.51. The van der Waals surface area contributed by atoms with Gasteiger partial charge in [-0.1, -0.05) is 40.0 Å². The van der Waals surface area contributed by atoms with Gasteiger partial charge in [0.2, 0.25) is 5.95 Å². The molecule has 0 saturated carbocycles. The average Bonchev–Trinajstić information content (AvgIpc) is 2.37. The lowest BCUT2D eigenvalue weighted by Crippen LogP contribution is -2.24. The highest BCUT2D eigenvalue weighted by atomic mass is 16.4. The summed E-state index contributed by atoms with van der Waals surface area (Å²) in [7, 11) is 0. The molecule has 5 nitrogen and oxygen atoms in total. The van der Waals surface area contributed by atoms with Gasteiger partial charge in [0, 0.05) is 12.7 Å². The summed E-state index contributed by atoms with van der Waals surface area (Å²) >= 11 is 0. The first-order chi connectivity index (χ1) is 8.94. The summed E-state index contributed by atoms with van der Waals surface area (Å²) < 4.78 is 0. The van der Waals surface area contributed by atoms with E-state index in [0.717, 1.165) is 13.0 Å². The summed E-state index contributed by atoms with van der Waals surface area (Å²) in [6, 6.07) is 1.39. The molecule has 0 unspecified atom stereocenters. The summed E-state index contributed by atoms with van der Waals surface area (Å²) in [6.07, 6.45) is 6.26. The van der Waals surface area contributed by atoms with E-state index < -0.39 is 5.97 Å². The average molecular weight is 265 g/mol. The van der Waals surface area contributed by atoms with Crippen molar-refractivity contribution in [1.29, 1.82) is 0 Å². The molecular formula is C14H23N3O2. The summed E-state index contributed by atoms with van der Waals surface area (Å²) in [6.45, 7) is 7.31. The molecule has 0 amide bonds. The molecule has 5 heteroatoms. The number of rotatable bonds is 8. The first kappa shape index (κ1) is 15.4. The fourth-order valence-electron chi connectivity index (χ4n) is 1.82. The highest BCUT2D eigenvalue weighted by molar-refractivity contribution is 5.85. The van der Waals surface area contributed by atoms with E-state index in [0.29, 0.717) is 5.95 Å². The molecule has 1 aromatic heterocycles. The quantitative estimate of drug-likeness (QED) is 0.706. The summed E-state index contributed by atoms with van der Waals surface area (Å²) in [5.41, 5.74) is 0.166. The molecule has 0 saturated heterocycles. The lowest BCUT2D eigenvalue weighted by molar-refractivity contribution is 0.0690. The van der Waals surface area contributed by atoms with Crippen LogP contribution in [0.2, 0.25) is 0 Å². The van der Waals surface area contributed by atoms with Crippen LogP contribution in [0.1, 0.15) is 56.9 Å². The maximum atomic E-state index is 10.8. The molecule has 0 aliphatic heterocycles. The standard InChI is InChI=1S/C14H23N3O2/c1-4-5-6-8-14(2,3)10-16-13-15-9-7-11(17-13)12(18)19/h7,9H,4-6,8,10H2,1-3H3,(H,18,19)(H,15,16,17).